The van der Waals surface area contributed by atoms with E-state index in [2.05, 4.69) is 16.8 Å². The van der Waals surface area contributed by atoms with Gasteiger partial charge in [-0.3, -0.25) is 0 Å². The van der Waals surface area contributed by atoms with Gasteiger partial charge < -0.3 is 10.1 Å². The van der Waals surface area contributed by atoms with Gasteiger partial charge in [-0.25, -0.2) is 0 Å². The van der Waals surface area contributed by atoms with Crippen LogP contribution < -0.4 is 10.1 Å². The highest BCUT2D eigenvalue weighted by Crippen LogP contribution is 2.33. The lowest BCUT2D eigenvalue weighted by atomic mass is 10.3. The van der Waals surface area contributed by atoms with Crippen LogP contribution in [0.25, 0.3) is 0 Å². The summed E-state index contributed by atoms with van der Waals surface area (Å²) in [5.74, 6) is 0.550. The van der Waals surface area contributed by atoms with Crippen molar-refractivity contribution in [3.63, 3.8) is 0 Å². The van der Waals surface area contributed by atoms with Gasteiger partial charge in [-0.2, -0.15) is 0 Å². The molecule has 0 atom stereocenters. The molecule has 0 radical (unpaired) electrons. The van der Waals surface area contributed by atoms with E-state index < -0.39 is 0 Å². The summed E-state index contributed by atoms with van der Waals surface area (Å²) in [6.07, 6.45) is 0. The highest BCUT2D eigenvalue weighted by atomic mass is 35.5. The summed E-state index contributed by atoms with van der Waals surface area (Å²) in [5, 5.41) is 6.67. The molecule has 2 aromatic rings. The third kappa shape index (κ3) is 4.55. The normalized spacial score (nSPS) is 10.7. The number of benzene rings is 1. The Kier molecular flexibility index (Phi) is 5.79. The number of hydrogen-bond donors (Lipinski definition) is 1. The summed E-state index contributed by atoms with van der Waals surface area (Å²) < 4.78 is 5.56. The number of nitrogens with one attached hydrogen (secondary N) is 1. The largest absolute Gasteiger partial charge is 0.491 e. The Bertz CT molecular complexity index is 531. The number of halogens is 3. The maximum Gasteiger partial charge on any atom is 0.139 e. The molecule has 0 saturated carbocycles. The Morgan fingerprint density at radius 2 is 1.89 bits per heavy atom. The van der Waals surface area contributed by atoms with Crippen LogP contribution in [-0.2, 0) is 6.54 Å². The average molecular weight is 337 g/mol. The summed E-state index contributed by atoms with van der Waals surface area (Å²) >= 11 is 19.5. The molecule has 0 saturated heterocycles. The summed E-state index contributed by atoms with van der Waals surface area (Å²) in [6, 6.07) is 7.34. The molecule has 2 rings (SSSR count). The Hall–Kier alpha value is -0.450. The Morgan fingerprint density at radius 1 is 1.11 bits per heavy atom. The molecule has 0 amide bonds. The van der Waals surface area contributed by atoms with Gasteiger partial charge in [0.2, 0.25) is 0 Å². The van der Waals surface area contributed by atoms with E-state index in [-0.39, 0.29) is 0 Å². The predicted molar refractivity (Wildman–Crippen MR) is 83.0 cm³/mol. The average Bonchev–Trinajstić information content (AvgIpc) is 2.88. The second-order valence-corrected chi connectivity index (χ2v) is 6.06. The molecule has 0 spiro atoms. The van der Waals surface area contributed by atoms with Crippen LogP contribution >= 0.6 is 46.1 Å². The molecule has 2 nitrogen and oxygen atoms in total. The van der Waals surface area contributed by atoms with Crippen LogP contribution in [0.4, 0.5) is 0 Å². The molecular weight excluding hydrogens is 325 g/mol. The molecule has 1 N–H and O–H groups in total. The third-order valence-electron chi connectivity index (χ3n) is 2.39. The lowest BCUT2D eigenvalue weighted by Gasteiger charge is -2.09. The number of ether oxygens (including phenoxy) is 1. The van der Waals surface area contributed by atoms with Crippen molar-refractivity contribution in [2.24, 2.45) is 0 Å². The maximum atomic E-state index is 6.01. The SMILES string of the molecule is Clc1cc(Cl)c(OCCNCc2cccs2)cc1Cl. The summed E-state index contributed by atoms with van der Waals surface area (Å²) in [4.78, 5) is 1.30. The molecule has 1 aromatic heterocycles. The standard InChI is InChI=1S/C13H12Cl3NOS/c14-10-6-12(16)13(7-11(10)15)18-4-3-17-8-9-2-1-5-19-9/h1-2,5-7,17H,3-4,8H2. The molecule has 1 heterocycles. The minimum Gasteiger partial charge on any atom is -0.491 e. The predicted octanol–water partition coefficient (Wildman–Crippen LogP) is 4.88. The van der Waals surface area contributed by atoms with E-state index >= 15 is 0 Å². The van der Waals surface area contributed by atoms with Crippen molar-refractivity contribution in [1.29, 1.82) is 0 Å². The zero-order valence-corrected chi connectivity index (χ0v) is 13.0. The van der Waals surface area contributed by atoms with Crippen LogP contribution in [-0.4, -0.2) is 13.2 Å². The van der Waals surface area contributed by atoms with Crippen LogP contribution in [0.2, 0.25) is 15.1 Å². The molecule has 0 aliphatic heterocycles. The summed E-state index contributed by atoms with van der Waals surface area (Å²) in [7, 11) is 0. The fourth-order valence-electron chi connectivity index (χ4n) is 1.47. The van der Waals surface area contributed by atoms with E-state index in [9.17, 15) is 0 Å². The molecule has 0 unspecified atom stereocenters. The molecule has 0 aliphatic carbocycles. The fraction of sp³-hybridized carbons (Fsp3) is 0.231. The van der Waals surface area contributed by atoms with Crippen molar-refractivity contribution in [2.45, 2.75) is 6.54 Å². The molecule has 6 heteroatoms. The first-order valence-corrected chi connectivity index (χ1v) is 7.68. The molecule has 102 valence electrons. The van der Waals surface area contributed by atoms with Crippen molar-refractivity contribution < 1.29 is 4.74 Å². The minimum absolute atomic E-state index is 0.426. The van der Waals surface area contributed by atoms with Crippen LogP contribution in [0.5, 0.6) is 5.75 Å². The Morgan fingerprint density at radius 3 is 2.63 bits per heavy atom. The van der Waals surface area contributed by atoms with Gasteiger partial charge in [-0.15, -0.1) is 11.3 Å². The van der Waals surface area contributed by atoms with E-state index in [4.69, 9.17) is 39.5 Å². The van der Waals surface area contributed by atoms with Gasteiger partial charge in [0.05, 0.1) is 15.1 Å². The van der Waals surface area contributed by atoms with Crippen LogP contribution in [0.15, 0.2) is 29.6 Å². The van der Waals surface area contributed by atoms with E-state index in [1.165, 1.54) is 4.88 Å². The van der Waals surface area contributed by atoms with E-state index in [1.807, 2.05) is 6.07 Å². The van der Waals surface area contributed by atoms with Crippen molar-refractivity contribution in [1.82, 2.24) is 5.32 Å². The van der Waals surface area contributed by atoms with Gasteiger partial charge in [0.1, 0.15) is 12.4 Å². The van der Waals surface area contributed by atoms with E-state index in [0.29, 0.717) is 27.4 Å². The van der Waals surface area contributed by atoms with Crippen LogP contribution in [0.3, 0.4) is 0 Å². The van der Waals surface area contributed by atoms with Crippen LogP contribution in [0, 0.1) is 0 Å². The minimum atomic E-state index is 0.426. The van der Waals surface area contributed by atoms with Gasteiger partial charge in [0, 0.05) is 24.0 Å². The highest BCUT2D eigenvalue weighted by Gasteiger charge is 2.06. The number of hydrogen-bond acceptors (Lipinski definition) is 3. The number of rotatable bonds is 6. The van der Waals surface area contributed by atoms with Gasteiger partial charge in [0.25, 0.3) is 0 Å². The highest BCUT2D eigenvalue weighted by molar-refractivity contribution is 7.09. The van der Waals surface area contributed by atoms with Gasteiger partial charge in [0.15, 0.2) is 0 Å². The lowest BCUT2D eigenvalue weighted by molar-refractivity contribution is 0.314. The second-order valence-electron chi connectivity index (χ2n) is 3.80. The first-order chi connectivity index (χ1) is 9.16. The monoisotopic (exact) mass is 335 g/mol. The quantitative estimate of drug-likeness (QED) is 0.600. The molecule has 19 heavy (non-hydrogen) atoms. The Labute approximate surface area is 131 Å². The van der Waals surface area contributed by atoms with Crippen molar-refractivity contribution in [3.05, 3.63) is 49.6 Å². The van der Waals surface area contributed by atoms with Gasteiger partial charge in [-0.1, -0.05) is 40.9 Å². The number of thiophene rings is 1. The zero-order chi connectivity index (χ0) is 13.7. The summed E-state index contributed by atoms with van der Waals surface area (Å²) in [5.41, 5.74) is 0. The second kappa shape index (κ2) is 7.36. The molecule has 1 aromatic carbocycles. The van der Waals surface area contributed by atoms with Crippen molar-refractivity contribution >= 4 is 46.1 Å². The van der Waals surface area contributed by atoms with Gasteiger partial charge in [-0.05, 0) is 17.5 Å². The fourth-order valence-corrected chi connectivity index (χ4v) is 2.74. The van der Waals surface area contributed by atoms with Gasteiger partial charge >= 0.3 is 0 Å². The van der Waals surface area contributed by atoms with E-state index in [0.717, 1.165) is 13.1 Å². The maximum absolute atomic E-state index is 6.01. The molecule has 0 bridgehead atoms. The van der Waals surface area contributed by atoms with Crippen molar-refractivity contribution in [3.8, 4) is 5.75 Å². The summed E-state index contributed by atoms with van der Waals surface area (Å²) in [6.45, 7) is 2.09. The first kappa shape index (κ1) is 14.9. The topological polar surface area (TPSA) is 21.3 Å². The third-order valence-corrected chi connectivity index (χ3v) is 4.28. The van der Waals surface area contributed by atoms with E-state index in [1.54, 1.807) is 23.5 Å². The molecule has 0 fully saturated rings. The first-order valence-electron chi connectivity index (χ1n) is 5.67. The van der Waals surface area contributed by atoms with Crippen molar-refractivity contribution in [2.75, 3.05) is 13.2 Å². The molecule has 0 aliphatic rings. The lowest BCUT2D eigenvalue weighted by Crippen LogP contribution is -2.20. The zero-order valence-electron chi connectivity index (χ0n) is 9.96. The van der Waals surface area contributed by atoms with Crippen LogP contribution in [0.1, 0.15) is 4.88 Å². The molecular formula is C13H12Cl3NOS. The smallest absolute Gasteiger partial charge is 0.139 e. The Balaban J connectivity index is 1.75.